The molecule has 0 aliphatic heterocycles. The van der Waals surface area contributed by atoms with Crippen LogP contribution < -0.4 is 16.0 Å². The van der Waals surface area contributed by atoms with Gasteiger partial charge in [-0.3, -0.25) is 11.3 Å². The largest absolute Gasteiger partial charge is 0.497 e. The Morgan fingerprint density at radius 3 is 2.22 bits per heavy atom. The Balaban J connectivity index is 2.10. The molecule has 3 nitrogen and oxygen atoms in total. The van der Waals surface area contributed by atoms with Gasteiger partial charge in [0, 0.05) is 6.04 Å². The van der Waals surface area contributed by atoms with E-state index in [1.807, 2.05) is 12.1 Å². The van der Waals surface area contributed by atoms with Gasteiger partial charge in [0.2, 0.25) is 0 Å². The number of hydrogen-bond donors (Lipinski definition) is 2. The van der Waals surface area contributed by atoms with E-state index in [1.165, 1.54) is 44.1 Å². The Morgan fingerprint density at radius 2 is 1.72 bits per heavy atom. The highest BCUT2D eigenvalue weighted by molar-refractivity contribution is 5.29. The summed E-state index contributed by atoms with van der Waals surface area (Å²) < 4.78 is 5.20. The first kappa shape index (κ1) is 13.4. The van der Waals surface area contributed by atoms with Crippen LogP contribution in [0.4, 0.5) is 0 Å². The van der Waals surface area contributed by atoms with Gasteiger partial charge >= 0.3 is 0 Å². The van der Waals surface area contributed by atoms with Gasteiger partial charge in [0.05, 0.1) is 7.11 Å². The Bertz CT molecular complexity index is 342. The summed E-state index contributed by atoms with van der Waals surface area (Å²) in [5, 5.41) is 0. The van der Waals surface area contributed by atoms with Gasteiger partial charge in [0.1, 0.15) is 5.75 Å². The predicted molar refractivity (Wildman–Crippen MR) is 74.3 cm³/mol. The fraction of sp³-hybridized carbons (Fsp3) is 0.600. The molecule has 1 saturated carbocycles. The Labute approximate surface area is 110 Å². The molecule has 3 heteroatoms. The third kappa shape index (κ3) is 3.24. The predicted octanol–water partition coefficient (Wildman–Crippen LogP) is 3.17. The zero-order chi connectivity index (χ0) is 12.8. The van der Waals surface area contributed by atoms with Crippen LogP contribution in [-0.2, 0) is 0 Å². The zero-order valence-corrected chi connectivity index (χ0v) is 11.2. The summed E-state index contributed by atoms with van der Waals surface area (Å²) in [6, 6.07) is 8.53. The number of nitrogens with two attached hydrogens (primary N) is 1. The van der Waals surface area contributed by atoms with Gasteiger partial charge in [-0.15, -0.1) is 0 Å². The smallest absolute Gasteiger partial charge is 0.118 e. The number of ether oxygens (including phenoxy) is 1. The molecule has 0 bridgehead atoms. The minimum atomic E-state index is 0.272. The second-order valence-corrected chi connectivity index (χ2v) is 5.17. The zero-order valence-electron chi connectivity index (χ0n) is 11.2. The van der Waals surface area contributed by atoms with E-state index in [2.05, 4.69) is 17.6 Å². The van der Waals surface area contributed by atoms with E-state index in [9.17, 15) is 0 Å². The van der Waals surface area contributed by atoms with Crippen molar-refractivity contribution in [2.24, 2.45) is 11.8 Å². The van der Waals surface area contributed by atoms with Crippen LogP contribution in [0.1, 0.15) is 50.1 Å². The standard InChI is InChI=1S/C15H24N2O/c1-18-14-10-8-13(9-11-14)15(17-16)12-6-4-2-3-5-7-12/h8-12,15,17H,2-7,16H2,1H3. The first-order valence-electron chi connectivity index (χ1n) is 6.95. The number of benzene rings is 1. The molecular weight excluding hydrogens is 224 g/mol. The molecule has 1 aliphatic carbocycles. The third-order valence-electron chi connectivity index (χ3n) is 4.03. The van der Waals surface area contributed by atoms with E-state index >= 15 is 0 Å². The Morgan fingerprint density at radius 1 is 1.11 bits per heavy atom. The van der Waals surface area contributed by atoms with Crippen molar-refractivity contribution in [1.82, 2.24) is 5.43 Å². The van der Waals surface area contributed by atoms with E-state index in [0.29, 0.717) is 5.92 Å². The topological polar surface area (TPSA) is 47.3 Å². The van der Waals surface area contributed by atoms with Gasteiger partial charge < -0.3 is 4.74 Å². The number of hydrogen-bond acceptors (Lipinski definition) is 3. The van der Waals surface area contributed by atoms with Crippen LogP contribution in [0.2, 0.25) is 0 Å². The fourth-order valence-corrected chi connectivity index (χ4v) is 2.96. The second kappa shape index (κ2) is 6.76. The number of methoxy groups -OCH3 is 1. The molecule has 0 spiro atoms. The highest BCUT2D eigenvalue weighted by Crippen LogP contribution is 2.33. The lowest BCUT2D eigenvalue weighted by Gasteiger charge is -2.26. The molecule has 1 aromatic rings. The van der Waals surface area contributed by atoms with Crippen molar-refractivity contribution in [3.63, 3.8) is 0 Å². The van der Waals surface area contributed by atoms with Crippen LogP contribution in [0.15, 0.2) is 24.3 Å². The average molecular weight is 248 g/mol. The fourth-order valence-electron chi connectivity index (χ4n) is 2.96. The van der Waals surface area contributed by atoms with Gasteiger partial charge in [-0.25, -0.2) is 0 Å². The molecule has 100 valence electrons. The molecule has 0 heterocycles. The summed E-state index contributed by atoms with van der Waals surface area (Å²) in [6.45, 7) is 0. The summed E-state index contributed by atoms with van der Waals surface area (Å²) >= 11 is 0. The van der Waals surface area contributed by atoms with Crippen molar-refractivity contribution < 1.29 is 4.74 Å². The van der Waals surface area contributed by atoms with E-state index in [4.69, 9.17) is 10.6 Å². The summed E-state index contributed by atoms with van der Waals surface area (Å²) in [5.74, 6) is 7.33. The minimum absolute atomic E-state index is 0.272. The van der Waals surface area contributed by atoms with Crippen molar-refractivity contribution in [3.05, 3.63) is 29.8 Å². The van der Waals surface area contributed by atoms with Crippen molar-refractivity contribution >= 4 is 0 Å². The SMILES string of the molecule is COc1ccc(C(NN)C2CCCCCC2)cc1. The van der Waals surface area contributed by atoms with Crippen LogP contribution in [-0.4, -0.2) is 7.11 Å². The van der Waals surface area contributed by atoms with Crippen LogP contribution >= 0.6 is 0 Å². The maximum absolute atomic E-state index is 5.78. The maximum atomic E-state index is 5.78. The van der Waals surface area contributed by atoms with E-state index < -0.39 is 0 Å². The van der Waals surface area contributed by atoms with Crippen molar-refractivity contribution in [1.29, 1.82) is 0 Å². The lowest BCUT2D eigenvalue weighted by atomic mass is 9.87. The highest BCUT2D eigenvalue weighted by atomic mass is 16.5. The number of nitrogens with one attached hydrogen (secondary N) is 1. The van der Waals surface area contributed by atoms with Crippen LogP contribution in [0.3, 0.4) is 0 Å². The summed E-state index contributed by atoms with van der Waals surface area (Å²) in [7, 11) is 1.69. The van der Waals surface area contributed by atoms with E-state index in [1.54, 1.807) is 7.11 Å². The van der Waals surface area contributed by atoms with Gasteiger partial charge in [-0.1, -0.05) is 37.8 Å². The normalized spacial score (nSPS) is 19.2. The second-order valence-electron chi connectivity index (χ2n) is 5.17. The van der Waals surface area contributed by atoms with Crippen LogP contribution in [0.25, 0.3) is 0 Å². The monoisotopic (exact) mass is 248 g/mol. The third-order valence-corrected chi connectivity index (χ3v) is 4.03. The number of hydrazine groups is 1. The molecule has 1 aromatic carbocycles. The van der Waals surface area contributed by atoms with Crippen LogP contribution in [0, 0.1) is 5.92 Å². The molecular formula is C15H24N2O. The molecule has 2 rings (SSSR count). The van der Waals surface area contributed by atoms with Gasteiger partial charge in [0.15, 0.2) is 0 Å². The first-order chi connectivity index (χ1) is 8.85. The minimum Gasteiger partial charge on any atom is -0.497 e. The molecule has 1 aliphatic rings. The molecule has 3 N–H and O–H groups in total. The molecule has 1 unspecified atom stereocenters. The van der Waals surface area contributed by atoms with Crippen LogP contribution in [0.5, 0.6) is 5.75 Å². The maximum Gasteiger partial charge on any atom is 0.118 e. The highest BCUT2D eigenvalue weighted by Gasteiger charge is 2.23. The summed E-state index contributed by atoms with van der Waals surface area (Å²) in [4.78, 5) is 0. The molecule has 0 amide bonds. The molecule has 1 fully saturated rings. The number of rotatable bonds is 4. The lowest BCUT2D eigenvalue weighted by Crippen LogP contribution is -2.33. The van der Waals surface area contributed by atoms with Gasteiger partial charge in [0.25, 0.3) is 0 Å². The van der Waals surface area contributed by atoms with Crippen molar-refractivity contribution in [2.45, 2.75) is 44.6 Å². The Kier molecular flexibility index (Phi) is 5.02. The molecule has 0 radical (unpaired) electrons. The van der Waals surface area contributed by atoms with Gasteiger partial charge in [-0.2, -0.15) is 0 Å². The summed E-state index contributed by atoms with van der Waals surface area (Å²) in [5.41, 5.74) is 4.28. The van der Waals surface area contributed by atoms with Crippen molar-refractivity contribution in [2.75, 3.05) is 7.11 Å². The Hall–Kier alpha value is -1.06. The van der Waals surface area contributed by atoms with E-state index in [0.717, 1.165) is 5.75 Å². The molecule has 0 aromatic heterocycles. The molecule has 18 heavy (non-hydrogen) atoms. The molecule has 1 atom stereocenters. The average Bonchev–Trinajstić information content (AvgIpc) is 2.70. The summed E-state index contributed by atoms with van der Waals surface area (Å²) in [6.07, 6.45) is 7.96. The lowest BCUT2D eigenvalue weighted by molar-refractivity contribution is 0.328. The van der Waals surface area contributed by atoms with Crippen molar-refractivity contribution in [3.8, 4) is 5.75 Å². The first-order valence-corrected chi connectivity index (χ1v) is 6.95. The quantitative estimate of drug-likeness (QED) is 0.489. The molecule has 0 saturated heterocycles. The van der Waals surface area contributed by atoms with E-state index in [-0.39, 0.29) is 6.04 Å². The van der Waals surface area contributed by atoms with Gasteiger partial charge in [-0.05, 0) is 36.5 Å².